The number of para-hydroxylation sites is 1. The highest BCUT2D eigenvalue weighted by atomic mass is 19.1. The van der Waals surface area contributed by atoms with Gasteiger partial charge in [-0.1, -0.05) is 54.6 Å². The summed E-state index contributed by atoms with van der Waals surface area (Å²) >= 11 is 0. The summed E-state index contributed by atoms with van der Waals surface area (Å²) in [6, 6.07) is 24.3. The van der Waals surface area contributed by atoms with Crippen LogP contribution in [0.15, 0.2) is 78.9 Å². The molecule has 0 N–H and O–H groups in total. The van der Waals surface area contributed by atoms with Crippen molar-refractivity contribution >= 4 is 6.41 Å². The number of hydrogen-bond donors (Lipinski definition) is 0. The molecule has 33 heavy (non-hydrogen) atoms. The molecule has 2 heterocycles. The van der Waals surface area contributed by atoms with Crippen LogP contribution in [0.25, 0.3) is 0 Å². The summed E-state index contributed by atoms with van der Waals surface area (Å²) in [6.07, 6.45) is 4.56. The van der Waals surface area contributed by atoms with Crippen LogP contribution in [0.4, 0.5) is 4.39 Å². The van der Waals surface area contributed by atoms with Crippen molar-refractivity contribution in [3.8, 4) is 5.75 Å². The van der Waals surface area contributed by atoms with Gasteiger partial charge in [0.15, 0.2) is 0 Å². The first-order valence-electron chi connectivity index (χ1n) is 11.5. The molecule has 4 nitrogen and oxygen atoms in total. The van der Waals surface area contributed by atoms with Crippen LogP contribution in [0.1, 0.15) is 42.5 Å². The van der Waals surface area contributed by atoms with Crippen molar-refractivity contribution in [3.63, 3.8) is 0 Å². The zero-order valence-corrected chi connectivity index (χ0v) is 18.9. The van der Waals surface area contributed by atoms with Crippen molar-refractivity contribution < 1.29 is 18.7 Å². The molecular weight excluding hydrogens is 417 g/mol. The van der Waals surface area contributed by atoms with Crippen LogP contribution in [0.2, 0.25) is 0 Å². The number of rotatable bonds is 4. The predicted octanol–water partition coefficient (Wildman–Crippen LogP) is 5.56. The van der Waals surface area contributed by atoms with E-state index in [0.29, 0.717) is 12.6 Å². The van der Waals surface area contributed by atoms with Crippen molar-refractivity contribution in [3.05, 3.63) is 101 Å². The highest BCUT2D eigenvalue weighted by Gasteiger charge is 2.27. The maximum Gasteiger partial charge on any atom is 0.210 e. The molecule has 0 aromatic heterocycles. The topological polar surface area (TPSA) is 38.8 Å². The molecule has 0 radical (unpaired) electrons. The molecule has 0 bridgehead atoms. The minimum atomic E-state index is -0.259. The van der Waals surface area contributed by atoms with E-state index in [1.54, 1.807) is 17.0 Å². The van der Waals surface area contributed by atoms with E-state index in [4.69, 9.17) is 9.47 Å². The number of benzene rings is 3. The second-order valence-corrected chi connectivity index (χ2v) is 8.52. The SMILES string of the molecule is CC1CCC(Oc2ccccc2)CO1.O=CN1CCc2ccccc2[C@@H]1c1ccc(F)cc1. The molecule has 0 spiro atoms. The van der Waals surface area contributed by atoms with Crippen LogP contribution in [0.3, 0.4) is 0 Å². The van der Waals surface area contributed by atoms with Crippen molar-refractivity contribution in [2.75, 3.05) is 13.2 Å². The molecule has 0 saturated carbocycles. The van der Waals surface area contributed by atoms with Gasteiger partial charge in [0.1, 0.15) is 17.7 Å². The number of ether oxygens (including phenoxy) is 2. The van der Waals surface area contributed by atoms with E-state index in [1.807, 2.05) is 48.5 Å². The Bertz CT molecular complexity index is 1020. The van der Waals surface area contributed by atoms with Crippen LogP contribution in [-0.4, -0.2) is 36.7 Å². The maximum atomic E-state index is 13.0. The summed E-state index contributed by atoms with van der Waals surface area (Å²) in [4.78, 5) is 13.0. The molecule has 172 valence electrons. The van der Waals surface area contributed by atoms with Gasteiger partial charge in [0, 0.05) is 6.54 Å². The number of carbonyl (C=O) groups excluding carboxylic acids is 1. The lowest BCUT2D eigenvalue weighted by Gasteiger charge is -2.35. The minimum Gasteiger partial charge on any atom is -0.488 e. The molecule has 3 aromatic carbocycles. The van der Waals surface area contributed by atoms with Crippen molar-refractivity contribution in [1.82, 2.24) is 4.90 Å². The lowest BCUT2D eigenvalue weighted by Crippen LogP contribution is -2.34. The lowest BCUT2D eigenvalue weighted by atomic mass is 9.88. The van der Waals surface area contributed by atoms with E-state index in [9.17, 15) is 9.18 Å². The molecule has 2 aliphatic heterocycles. The first kappa shape index (κ1) is 23.0. The lowest BCUT2D eigenvalue weighted by molar-refractivity contribution is -0.119. The van der Waals surface area contributed by atoms with Gasteiger partial charge in [-0.15, -0.1) is 0 Å². The molecule has 1 saturated heterocycles. The number of fused-ring (bicyclic) bond motifs is 1. The Kier molecular flexibility index (Phi) is 7.74. The first-order valence-corrected chi connectivity index (χ1v) is 11.5. The van der Waals surface area contributed by atoms with Gasteiger partial charge in [-0.3, -0.25) is 4.79 Å². The van der Waals surface area contributed by atoms with Gasteiger partial charge >= 0.3 is 0 Å². The Morgan fingerprint density at radius 2 is 1.70 bits per heavy atom. The standard InChI is InChI=1S/C16H14FNO.C12H16O2/c17-14-7-5-13(6-8-14)16-15-4-2-1-3-12(15)9-10-18(16)11-19;1-10-7-8-12(9-13-10)14-11-5-3-2-4-6-11/h1-8,11,16H,9-10H2;2-6,10,12H,7-9H2,1H3/t16-;/m0./s1. The van der Waals surface area contributed by atoms with E-state index < -0.39 is 0 Å². The zero-order valence-electron chi connectivity index (χ0n) is 18.9. The van der Waals surface area contributed by atoms with E-state index in [-0.39, 0.29) is 18.0 Å². The van der Waals surface area contributed by atoms with E-state index >= 15 is 0 Å². The average molecular weight is 448 g/mol. The van der Waals surface area contributed by atoms with Crippen molar-refractivity contribution in [2.24, 2.45) is 0 Å². The normalized spacial score (nSPS) is 21.9. The molecule has 1 fully saturated rings. The molecule has 2 aliphatic rings. The summed E-state index contributed by atoms with van der Waals surface area (Å²) in [5.74, 6) is 0.682. The number of carbonyl (C=O) groups is 1. The summed E-state index contributed by atoms with van der Waals surface area (Å²) < 4.78 is 24.4. The molecule has 0 aliphatic carbocycles. The van der Waals surface area contributed by atoms with E-state index in [1.165, 1.54) is 17.7 Å². The van der Waals surface area contributed by atoms with Crippen LogP contribution in [0.5, 0.6) is 5.75 Å². The predicted molar refractivity (Wildman–Crippen MR) is 127 cm³/mol. The van der Waals surface area contributed by atoms with E-state index in [2.05, 4.69) is 13.0 Å². The number of hydrogen-bond acceptors (Lipinski definition) is 3. The Morgan fingerprint density at radius 3 is 2.39 bits per heavy atom. The monoisotopic (exact) mass is 447 g/mol. The summed E-state index contributed by atoms with van der Waals surface area (Å²) in [5.41, 5.74) is 3.34. The minimum absolute atomic E-state index is 0.108. The highest BCUT2D eigenvalue weighted by molar-refractivity contribution is 5.54. The highest BCUT2D eigenvalue weighted by Crippen LogP contribution is 2.34. The maximum absolute atomic E-state index is 13.0. The number of halogens is 1. The molecule has 5 rings (SSSR count). The number of nitrogens with zero attached hydrogens (tertiary/aromatic N) is 1. The Labute approximate surface area is 195 Å². The van der Waals surface area contributed by atoms with Crippen LogP contribution < -0.4 is 4.74 Å². The molecule has 2 unspecified atom stereocenters. The Morgan fingerprint density at radius 1 is 0.970 bits per heavy atom. The smallest absolute Gasteiger partial charge is 0.210 e. The summed E-state index contributed by atoms with van der Waals surface area (Å²) in [5, 5.41) is 0. The number of amides is 1. The fraction of sp³-hybridized carbons (Fsp3) is 0.321. The first-order chi connectivity index (χ1) is 16.1. The van der Waals surface area contributed by atoms with Gasteiger partial charge in [0.05, 0.1) is 18.8 Å². The van der Waals surface area contributed by atoms with Crippen molar-refractivity contribution in [2.45, 2.75) is 44.4 Å². The van der Waals surface area contributed by atoms with Crippen LogP contribution in [-0.2, 0) is 16.0 Å². The summed E-state index contributed by atoms with van der Waals surface area (Å²) in [7, 11) is 0. The summed E-state index contributed by atoms with van der Waals surface area (Å²) in [6.45, 7) is 3.53. The van der Waals surface area contributed by atoms with Crippen molar-refractivity contribution in [1.29, 1.82) is 0 Å². The largest absolute Gasteiger partial charge is 0.488 e. The van der Waals surface area contributed by atoms with Crippen LogP contribution >= 0.6 is 0 Å². The molecule has 3 atom stereocenters. The van der Waals surface area contributed by atoms with Gasteiger partial charge in [-0.25, -0.2) is 4.39 Å². The molecule has 3 aromatic rings. The Balaban J connectivity index is 0.000000165. The van der Waals surface area contributed by atoms with Gasteiger partial charge < -0.3 is 14.4 Å². The quantitative estimate of drug-likeness (QED) is 0.492. The molecular formula is C28H30FNO3. The third-order valence-electron chi connectivity index (χ3n) is 6.15. The van der Waals surface area contributed by atoms with E-state index in [0.717, 1.165) is 49.2 Å². The third-order valence-corrected chi connectivity index (χ3v) is 6.15. The van der Waals surface area contributed by atoms with Gasteiger partial charge in [-0.05, 0) is 67.1 Å². The molecule has 5 heteroatoms. The average Bonchev–Trinajstić information content (AvgIpc) is 2.86. The second-order valence-electron chi connectivity index (χ2n) is 8.52. The molecule has 1 amide bonds. The van der Waals surface area contributed by atoms with Gasteiger partial charge in [0.25, 0.3) is 0 Å². The third kappa shape index (κ3) is 5.99. The fourth-order valence-corrected chi connectivity index (χ4v) is 4.36. The second kappa shape index (κ2) is 11.1. The Hall–Kier alpha value is -3.18. The van der Waals surface area contributed by atoms with Gasteiger partial charge in [0.2, 0.25) is 6.41 Å². The van der Waals surface area contributed by atoms with Gasteiger partial charge in [-0.2, -0.15) is 0 Å². The zero-order chi connectivity index (χ0) is 23.0. The fourth-order valence-electron chi connectivity index (χ4n) is 4.36. The van der Waals surface area contributed by atoms with Crippen LogP contribution in [0, 0.1) is 5.82 Å².